The first-order valence-corrected chi connectivity index (χ1v) is 5.12. The van der Waals surface area contributed by atoms with Crippen LogP contribution >= 0.6 is 11.6 Å². The summed E-state index contributed by atoms with van der Waals surface area (Å²) in [5.41, 5.74) is 1.92. The fraction of sp³-hybridized carbons (Fsp3) is 0.0909. The van der Waals surface area contributed by atoms with Gasteiger partial charge in [-0.1, -0.05) is 23.7 Å². The van der Waals surface area contributed by atoms with E-state index in [-0.39, 0.29) is 5.91 Å². The van der Waals surface area contributed by atoms with Crippen LogP contribution in [-0.2, 0) is 0 Å². The Hall–Kier alpha value is -1.81. The molecular weight excluding hydrogens is 226 g/mol. The van der Waals surface area contributed by atoms with E-state index in [0.29, 0.717) is 16.4 Å². The van der Waals surface area contributed by atoms with Crippen LogP contribution in [0.3, 0.4) is 0 Å². The summed E-state index contributed by atoms with van der Waals surface area (Å²) in [5.74, 6) is -0.259. The average Bonchev–Trinajstić information content (AvgIpc) is 2.78. The third kappa shape index (κ3) is 2.06. The van der Waals surface area contributed by atoms with E-state index in [1.54, 1.807) is 12.1 Å². The van der Waals surface area contributed by atoms with Crippen molar-refractivity contribution in [1.82, 2.24) is 10.2 Å². The van der Waals surface area contributed by atoms with Crippen molar-refractivity contribution in [2.75, 3.05) is 5.32 Å². The summed E-state index contributed by atoms with van der Waals surface area (Å²) in [5, 5.41) is 9.55. The van der Waals surface area contributed by atoms with Crippen molar-refractivity contribution >= 4 is 23.2 Å². The Morgan fingerprint density at radius 1 is 1.44 bits per heavy atom. The zero-order chi connectivity index (χ0) is 11.5. The van der Waals surface area contributed by atoms with Gasteiger partial charge >= 0.3 is 0 Å². The van der Waals surface area contributed by atoms with E-state index < -0.39 is 0 Å². The largest absolute Gasteiger partial charge is 0.319 e. The number of nitrogens with zero attached hydrogens (tertiary/aromatic N) is 1. The molecule has 0 radical (unpaired) electrons. The van der Waals surface area contributed by atoms with Crippen molar-refractivity contribution < 1.29 is 4.79 Å². The van der Waals surface area contributed by atoms with Crippen molar-refractivity contribution in [3.8, 4) is 0 Å². The summed E-state index contributed by atoms with van der Waals surface area (Å²) < 4.78 is 0. The standard InChI is InChI=1S/C11H10ClN3O/c1-7-3-2-4-8(10(7)12)14-11(16)9-5-6-13-15-9/h2-6H,1H3,(H,13,15)(H,14,16). The summed E-state index contributed by atoms with van der Waals surface area (Å²) in [6.07, 6.45) is 1.52. The van der Waals surface area contributed by atoms with Crippen LogP contribution in [0.2, 0.25) is 5.02 Å². The summed E-state index contributed by atoms with van der Waals surface area (Å²) in [4.78, 5) is 11.7. The van der Waals surface area contributed by atoms with Gasteiger partial charge in [-0.05, 0) is 24.6 Å². The number of anilines is 1. The maximum Gasteiger partial charge on any atom is 0.273 e. The Labute approximate surface area is 97.6 Å². The van der Waals surface area contributed by atoms with Crippen LogP contribution < -0.4 is 5.32 Å². The summed E-state index contributed by atoms with van der Waals surface area (Å²) in [6, 6.07) is 7.07. The molecule has 0 saturated heterocycles. The highest BCUT2D eigenvalue weighted by molar-refractivity contribution is 6.34. The molecule has 0 fully saturated rings. The number of hydrogen-bond donors (Lipinski definition) is 2. The Morgan fingerprint density at radius 2 is 2.25 bits per heavy atom. The van der Waals surface area contributed by atoms with Gasteiger partial charge in [0, 0.05) is 6.20 Å². The smallest absolute Gasteiger partial charge is 0.273 e. The normalized spacial score (nSPS) is 10.1. The zero-order valence-electron chi connectivity index (χ0n) is 8.62. The highest BCUT2D eigenvalue weighted by Gasteiger charge is 2.09. The van der Waals surface area contributed by atoms with E-state index in [0.717, 1.165) is 5.56 Å². The molecule has 0 unspecified atom stereocenters. The molecule has 2 aromatic rings. The number of amides is 1. The van der Waals surface area contributed by atoms with E-state index in [1.807, 2.05) is 19.1 Å². The number of aryl methyl sites for hydroxylation is 1. The molecule has 0 aliphatic rings. The molecule has 0 aliphatic heterocycles. The molecular formula is C11H10ClN3O. The first-order valence-electron chi connectivity index (χ1n) is 4.74. The maximum atomic E-state index is 11.7. The van der Waals surface area contributed by atoms with Gasteiger partial charge in [0.25, 0.3) is 5.91 Å². The lowest BCUT2D eigenvalue weighted by molar-refractivity contribution is 0.102. The predicted octanol–water partition coefficient (Wildman–Crippen LogP) is 2.62. The molecule has 2 rings (SSSR count). The third-order valence-electron chi connectivity index (χ3n) is 2.19. The molecule has 5 heteroatoms. The highest BCUT2D eigenvalue weighted by Crippen LogP contribution is 2.25. The molecule has 0 bridgehead atoms. The first-order chi connectivity index (χ1) is 7.68. The summed E-state index contributed by atoms with van der Waals surface area (Å²) in [7, 11) is 0. The second-order valence-electron chi connectivity index (χ2n) is 3.36. The Bertz CT molecular complexity index is 508. The van der Waals surface area contributed by atoms with Crippen LogP contribution in [0.5, 0.6) is 0 Å². The van der Waals surface area contributed by atoms with Gasteiger partial charge in [-0.25, -0.2) is 0 Å². The number of aromatic nitrogens is 2. The number of H-pyrrole nitrogens is 1. The number of rotatable bonds is 2. The lowest BCUT2D eigenvalue weighted by atomic mass is 10.2. The molecule has 16 heavy (non-hydrogen) atoms. The van der Waals surface area contributed by atoms with E-state index in [1.165, 1.54) is 6.20 Å². The maximum absolute atomic E-state index is 11.7. The minimum absolute atomic E-state index is 0.259. The average molecular weight is 236 g/mol. The van der Waals surface area contributed by atoms with Crippen molar-refractivity contribution in [3.05, 3.63) is 46.7 Å². The van der Waals surface area contributed by atoms with Crippen LogP contribution in [0.25, 0.3) is 0 Å². The number of halogens is 1. The SMILES string of the molecule is Cc1cccc(NC(=O)c2ccn[nH]2)c1Cl. The van der Waals surface area contributed by atoms with Gasteiger partial charge in [-0.15, -0.1) is 0 Å². The van der Waals surface area contributed by atoms with Gasteiger partial charge in [-0.3, -0.25) is 9.89 Å². The number of aromatic amines is 1. The van der Waals surface area contributed by atoms with E-state index >= 15 is 0 Å². The lowest BCUT2D eigenvalue weighted by Crippen LogP contribution is -2.12. The van der Waals surface area contributed by atoms with Crippen molar-refractivity contribution in [3.63, 3.8) is 0 Å². The van der Waals surface area contributed by atoms with Crippen molar-refractivity contribution in [2.24, 2.45) is 0 Å². The second kappa shape index (κ2) is 4.37. The zero-order valence-corrected chi connectivity index (χ0v) is 9.38. The Balaban J connectivity index is 2.22. The van der Waals surface area contributed by atoms with Gasteiger partial charge < -0.3 is 5.32 Å². The highest BCUT2D eigenvalue weighted by atomic mass is 35.5. The molecule has 1 heterocycles. The molecule has 4 nitrogen and oxygen atoms in total. The topological polar surface area (TPSA) is 57.8 Å². The number of benzene rings is 1. The van der Waals surface area contributed by atoms with Crippen LogP contribution in [0, 0.1) is 6.92 Å². The quantitative estimate of drug-likeness (QED) is 0.841. The number of nitrogens with one attached hydrogen (secondary N) is 2. The molecule has 0 aliphatic carbocycles. The summed E-state index contributed by atoms with van der Waals surface area (Å²) in [6.45, 7) is 1.88. The number of hydrogen-bond acceptors (Lipinski definition) is 2. The molecule has 1 amide bonds. The van der Waals surface area contributed by atoms with Crippen molar-refractivity contribution in [2.45, 2.75) is 6.92 Å². The minimum atomic E-state index is -0.259. The van der Waals surface area contributed by atoms with Crippen molar-refractivity contribution in [1.29, 1.82) is 0 Å². The fourth-order valence-electron chi connectivity index (χ4n) is 1.32. The van der Waals surface area contributed by atoms with Crippen LogP contribution in [-0.4, -0.2) is 16.1 Å². The Kier molecular flexibility index (Phi) is 2.92. The number of carbonyl (C=O) groups is 1. The van der Waals surface area contributed by atoms with E-state index in [2.05, 4.69) is 15.5 Å². The number of carbonyl (C=O) groups excluding carboxylic acids is 1. The monoisotopic (exact) mass is 235 g/mol. The first kappa shape index (κ1) is 10.7. The van der Waals surface area contributed by atoms with Crippen LogP contribution in [0.1, 0.15) is 16.1 Å². The molecule has 0 atom stereocenters. The second-order valence-corrected chi connectivity index (χ2v) is 3.74. The van der Waals surface area contributed by atoms with E-state index in [9.17, 15) is 4.79 Å². The lowest BCUT2D eigenvalue weighted by Gasteiger charge is -2.07. The van der Waals surface area contributed by atoms with Gasteiger partial charge in [0.2, 0.25) is 0 Å². The third-order valence-corrected chi connectivity index (χ3v) is 2.69. The molecule has 2 N–H and O–H groups in total. The van der Waals surface area contributed by atoms with E-state index in [4.69, 9.17) is 11.6 Å². The molecule has 0 spiro atoms. The van der Waals surface area contributed by atoms with Crippen LogP contribution in [0.4, 0.5) is 5.69 Å². The molecule has 0 saturated carbocycles. The molecule has 1 aromatic heterocycles. The molecule has 82 valence electrons. The Morgan fingerprint density at radius 3 is 2.94 bits per heavy atom. The van der Waals surface area contributed by atoms with Crippen LogP contribution in [0.15, 0.2) is 30.5 Å². The minimum Gasteiger partial charge on any atom is -0.319 e. The predicted molar refractivity (Wildman–Crippen MR) is 62.7 cm³/mol. The van der Waals surface area contributed by atoms with Gasteiger partial charge in [-0.2, -0.15) is 5.10 Å². The van der Waals surface area contributed by atoms with Gasteiger partial charge in [0.1, 0.15) is 5.69 Å². The summed E-state index contributed by atoms with van der Waals surface area (Å²) >= 11 is 6.06. The van der Waals surface area contributed by atoms with Gasteiger partial charge in [0.15, 0.2) is 0 Å². The fourth-order valence-corrected chi connectivity index (χ4v) is 1.49. The molecule has 1 aromatic carbocycles. The van der Waals surface area contributed by atoms with Gasteiger partial charge in [0.05, 0.1) is 10.7 Å².